The lowest BCUT2D eigenvalue weighted by Gasteiger charge is -2.07. The van der Waals surface area contributed by atoms with E-state index in [2.05, 4.69) is 23.3 Å². The lowest BCUT2D eigenvalue weighted by molar-refractivity contribution is -0.118. The summed E-state index contributed by atoms with van der Waals surface area (Å²) < 4.78 is 6.73. The van der Waals surface area contributed by atoms with Crippen LogP contribution in [0.3, 0.4) is 0 Å². The Kier molecular flexibility index (Phi) is 4.31. The van der Waals surface area contributed by atoms with Gasteiger partial charge in [-0.15, -0.1) is 0 Å². The zero-order chi connectivity index (χ0) is 18.1. The summed E-state index contributed by atoms with van der Waals surface area (Å²) in [6.07, 6.45) is 0. The summed E-state index contributed by atoms with van der Waals surface area (Å²) in [5.41, 5.74) is 3.25. The number of hydrogen-bond acceptors (Lipinski definition) is 4. The average molecular weight is 362 g/mol. The van der Waals surface area contributed by atoms with Crippen LogP contribution >= 0.6 is 11.3 Å². The fourth-order valence-corrected chi connectivity index (χ4v) is 3.92. The summed E-state index contributed by atoms with van der Waals surface area (Å²) in [6, 6.07) is 18.0. The summed E-state index contributed by atoms with van der Waals surface area (Å²) in [6.45, 7) is 4.05. The molecule has 1 aromatic heterocycles. The second-order valence-electron chi connectivity index (χ2n) is 6.29. The lowest BCUT2D eigenvalue weighted by atomic mass is 10.1. The maximum absolute atomic E-state index is 12.2. The Morgan fingerprint density at radius 2 is 1.88 bits per heavy atom. The highest BCUT2D eigenvalue weighted by atomic mass is 32.1. The Hall–Kier alpha value is -2.92. The summed E-state index contributed by atoms with van der Waals surface area (Å²) in [5.74, 6) is 0.459. The van der Waals surface area contributed by atoms with Crippen LogP contribution in [0, 0.1) is 13.8 Å². The number of anilines is 1. The molecule has 0 atom stereocenters. The molecule has 0 aliphatic rings. The molecular weight excluding hydrogens is 344 g/mol. The van der Waals surface area contributed by atoms with E-state index in [4.69, 9.17) is 4.74 Å². The fraction of sp³-hybridized carbons (Fsp3) is 0.143. The molecule has 1 N–H and O–H groups in total. The summed E-state index contributed by atoms with van der Waals surface area (Å²) >= 11 is 1.49. The van der Waals surface area contributed by atoms with Gasteiger partial charge in [-0.05, 0) is 53.9 Å². The van der Waals surface area contributed by atoms with E-state index in [1.807, 2.05) is 55.5 Å². The minimum atomic E-state index is -0.216. The number of benzene rings is 3. The van der Waals surface area contributed by atoms with Crippen molar-refractivity contribution in [2.75, 3.05) is 11.9 Å². The van der Waals surface area contributed by atoms with Gasteiger partial charge in [-0.3, -0.25) is 10.1 Å². The van der Waals surface area contributed by atoms with Crippen LogP contribution in [0.25, 0.3) is 21.0 Å². The molecule has 1 amide bonds. The van der Waals surface area contributed by atoms with Crippen molar-refractivity contribution in [2.24, 2.45) is 0 Å². The predicted octanol–water partition coefficient (Wildman–Crippen LogP) is 5.08. The second-order valence-corrected chi connectivity index (χ2v) is 7.29. The number of aromatic nitrogens is 1. The Balaban J connectivity index is 1.44. The Labute approximate surface area is 155 Å². The molecule has 130 valence electrons. The zero-order valence-electron chi connectivity index (χ0n) is 14.6. The topological polar surface area (TPSA) is 51.2 Å². The second kappa shape index (κ2) is 6.77. The van der Waals surface area contributed by atoms with Crippen LogP contribution in [0.15, 0.2) is 54.6 Å². The van der Waals surface area contributed by atoms with Crippen LogP contribution < -0.4 is 10.1 Å². The molecule has 0 saturated carbocycles. The first kappa shape index (κ1) is 16.5. The SMILES string of the molecule is Cc1cc(C)c2sc(NC(=O)COc3ccc4ccccc4c3)nc2c1. The third kappa shape index (κ3) is 3.39. The van der Waals surface area contributed by atoms with E-state index >= 15 is 0 Å². The van der Waals surface area contributed by atoms with Crippen LogP contribution in [0.4, 0.5) is 5.13 Å². The van der Waals surface area contributed by atoms with Crippen molar-refractivity contribution in [1.82, 2.24) is 4.98 Å². The third-order valence-corrected chi connectivity index (χ3v) is 5.28. The van der Waals surface area contributed by atoms with Gasteiger partial charge >= 0.3 is 0 Å². The van der Waals surface area contributed by atoms with E-state index in [1.54, 1.807) is 0 Å². The number of carbonyl (C=O) groups is 1. The van der Waals surface area contributed by atoms with Crippen LogP contribution in [0.1, 0.15) is 11.1 Å². The molecule has 5 heteroatoms. The molecule has 1 heterocycles. The molecule has 4 aromatic rings. The Morgan fingerprint density at radius 3 is 2.73 bits per heavy atom. The van der Waals surface area contributed by atoms with E-state index in [1.165, 1.54) is 16.9 Å². The van der Waals surface area contributed by atoms with Crippen molar-refractivity contribution in [1.29, 1.82) is 0 Å². The van der Waals surface area contributed by atoms with E-state index < -0.39 is 0 Å². The lowest BCUT2D eigenvalue weighted by Crippen LogP contribution is -2.19. The highest BCUT2D eigenvalue weighted by molar-refractivity contribution is 7.22. The van der Waals surface area contributed by atoms with Crippen LogP contribution in [0.2, 0.25) is 0 Å². The largest absolute Gasteiger partial charge is 0.484 e. The van der Waals surface area contributed by atoms with Gasteiger partial charge in [0.25, 0.3) is 5.91 Å². The van der Waals surface area contributed by atoms with Gasteiger partial charge in [-0.25, -0.2) is 4.98 Å². The molecule has 3 aromatic carbocycles. The van der Waals surface area contributed by atoms with Gasteiger partial charge in [0.2, 0.25) is 0 Å². The number of hydrogen-bond donors (Lipinski definition) is 1. The molecule has 0 saturated heterocycles. The van der Waals surface area contributed by atoms with Gasteiger partial charge in [0.1, 0.15) is 5.75 Å². The molecule has 0 spiro atoms. The predicted molar refractivity (Wildman–Crippen MR) is 107 cm³/mol. The minimum absolute atomic E-state index is 0.0493. The first-order valence-corrected chi connectivity index (χ1v) is 9.19. The molecule has 4 rings (SSSR count). The molecule has 0 bridgehead atoms. The number of carbonyl (C=O) groups excluding carboxylic acids is 1. The van der Waals surface area contributed by atoms with Crippen molar-refractivity contribution in [2.45, 2.75) is 13.8 Å². The first-order chi connectivity index (χ1) is 12.6. The number of rotatable bonds is 4. The van der Waals surface area contributed by atoms with Crippen LogP contribution in [0.5, 0.6) is 5.75 Å². The van der Waals surface area contributed by atoms with Crippen LogP contribution in [-0.4, -0.2) is 17.5 Å². The van der Waals surface area contributed by atoms with Crippen molar-refractivity contribution in [3.05, 3.63) is 65.7 Å². The summed E-state index contributed by atoms with van der Waals surface area (Å²) in [7, 11) is 0. The molecule has 0 aliphatic heterocycles. The minimum Gasteiger partial charge on any atom is -0.484 e. The maximum Gasteiger partial charge on any atom is 0.264 e. The molecule has 4 nitrogen and oxygen atoms in total. The molecule has 0 fully saturated rings. The van der Waals surface area contributed by atoms with Gasteiger partial charge in [0.05, 0.1) is 10.2 Å². The van der Waals surface area contributed by atoms with Gasteiger partial charge in [0, 0.05) is 0 Å². The molecule has 0 aliphatic carbocycles. The van der Waals surface area contributed by atoms with Gasteiger partial charge in [-0.2, -0.15) is 0 Å². The molecule has 26 heavy (non-hydrogen) atoms. The zero-order valence-corrected chi connectivity index (χ0v) is 15.4. The first-order valence-electron chi connectivity index (χ1n) is 8.38. The fourth-order valence-electron chi connectivity index (χ4n) is 2.99. The van der Waals surface area contributed by atoms with Gasteiger partial charge < -0.3 is 4.74 Å². The van der Waals surface area contributed by atoms with Crippen molar-refractivity contribution >= 4 is 43.4 Å². The highest BCUT2D eigenvalue weighted by Gasteiger charge is 2.10. The number of fused-ring (bicyclic) bond motifs is 2. The monoisotopic (exact) mass is 362 g/mol. The Morgan fingerprint density at radius 1 is 1.08 bits per heavy atom. The number of nitrogens with one attached hydrogen (secondary N) is 1. The number of amides is 1. The standard InChI is InChI=1S/C21H18N2O2S/c1-13-9-14(2)20-18(10-13)22-21(26-20)23-19(24)12-25-17-8-7-15-5-3-4-6-16(15)11-17/h3-11H,12H2,1-2H3,(H,22,23,24). The normalized spacial score (nSPS) is 11.0. The van der Waals surface area contributed by atoms with Gasteiger partial charge in [0.15, 0.2) is 11.7 Å². The molecule has 0 unspecified atom stereocenters. The molecule has 0 radical (unpaired) electrons. The van der Waals surface area contributed by atoms with Crippen LogP contribution in [-0.2, 0) is 4.79 Å². The van der Waals surface area contributed by atoms with E-state index in [0.717, 1.165) is 26.6 Å². The smallest absolute Gasteiger partial charge is 0.264 e. The molecular formula is C21H18N2O2S. The van der Waals surface area contributed by atoms with E-state index in [0.29, 0.717) is 10.9 Å². The number of aryl methyl sites for hydroxylation is 2. The van der Waals surface area contributed by atoms with Crippen molar-refractivity contribution < 1.29 is 9.53 Å². The number of nitrogens with zero attached hydrogens (tertiary/aromatic N) is 1. The maximum atomic E-state index is 12.2. The Bertz CT molecular complexity index is 1120. The average Bonchev–Trinajstić information content (AvgIpc) is 3.02. The summed E-state index contributed by atoms with van der Waals surface area (Å²) in [5, 5.41) is 5.66. The third-order valence-electron chi connectivity index (χ3n) is 4.16. The number of thiazole rings is 1. The van der Waals surface area contributed by atoms with Crippen molar-refractivity contribution in [3.8, 4) is 5.75 Å². The number of ether oxygens (including phenoxy) is 1. The van der Waals surface area contributed by atoms with E-state index in [9.17, 15) is 4.79 Å². The highest BCUT2D eigenvalue weighted by Crippen LogP contribution is 2.29. The summed E-state index contributed by atoms with van der Waals surface area (Å²) in [4.78, 5) is 16.7. The quantitative estimate of drug-likeness (QED) is 0.550. The van der Waals surface area contributed by atoms with Crippen molar-refractivity contribution in [3.63, 3.8) is 0 Å². The van der Waals surface area contributed by atoms with Gasteiger partial charge in [-0.1, -0.05) is 47.7 Å². The van der Waals surface area contributed by atoms with E-state index in [-0.39, 0.29) is 12.5 Å².